The van der Waals surface area contributed by atoms with Crippen molar-refractivity contribution in [1.82, 2.24) is 0 Å². The van der Waals surface area contributed by atoms with Crippen LogP contribution in [0.15, 0.2) is 24.3 Å². The fraction of sp³-hybridized carbons (Fsp3) is 0.333. The van der Waals surface area contributed by atoms with Gasteiger partial charge in [0.1, 0.15) is 0 Å². The molecular formula is C12H14O4. The second kappa shape index (κ2) is 5.30. The van der Waals surface area contributed by atoms with Gasteiger partial charge in [-0.3, -0.25) is 9.59 Å². The van der Waals surface area contributed by atoms with Gasteiger partial charge in [-0.15, -0.1) is 0 Å². The van der Waals surface area contributed by atoms with Gasteiger partial charge in [-0.05, 0) is 18.1 Å². The van der Waals surface area contributed by atoms with Crippen molar-refractivity contribution in [3.63, 3.8) is 0 Å². The van der Waals surface area contributed by atoms with Crippen LogP contribution in [0.2, 0.25) is 0 Å². The molecule has 0 unspecified atom stereocenters. The SMILES string of the molecule is Cc1ccccc1C(CC(=O)O)CC(=O)O. The summed E-state index contributed by atoms with van der Waals surface area (Å²) >= 11 is 0. The molecule has 0 radical (unpaired) electrons. The summed E-state index contributed by atoms with van der Waals surface area (Å²) in [5.41, 5.74) is 1.72. The molecule has 4 heteroatoms. The molecule has 0 aliphatic carbocycles. The molecule has 1 aromatic rings. The van der Waals surface area contributed by atoms with Gasteiger partial charge in [0, 0.05) is 5.92 Å². The molecule has 86 valence electrons. The Morgan fingerprint density at radius 1 is 1.12 bits per heavy atom. The summed E-state index contributed by atoms with van der Waals surface area (Å²) in [5, 5.41) is 17.5. The van der Waals surface area contributed by atoms with Crippen LogP contribution in [0.1, 0.15) is 29.9 Å². The van der Waals surface area contributed by atoms with Crippen LogP contribution in [0.3, 0.4) is 0 Å². The summed E-state index contributed by atoms with van der Waals surface area (Å²) in [6.07, 6.45) is -0.311. The molecule has 1 rings (SSSR count). The second-order valence-electron chi connectivity index (χ2n) is 3.75. The zero-order valence-electron chi connectivity index (χ0n) is 9.01. The number of carbonyl (C=O) groups is 2. The lowest BCUT2D eigenvalue weighted by atomic mass is 9.89. The van der Waals surface area contributed by atoms with E-state index in [-0.39, 0.29) is 12.8 Å². The zero-order valence-corrected chi connectivity index (χ0v) is 9.01. The second-order valence-corrected chi connectivity index (χ2v) is 3.75. The minimum absolute atomic E-state index is 0.156. The van der Waals surface area contributed by atoms with E-state index in [1.54, 1.807) is 12.1 Å². The molecule has 0 bridgehead atoms. The fourth-order valence-corrected chi connectivity index (χ4v) is 1.76. The summed E-state index contributed by atoms with van der Waals surface area (Å²) in [5.74, 6) is -2.42. The number of rotatable bonds is 5. The third kappa shape index (κ3) is 3.38. The topological polar surface area (TPSA) is 74.6 Å². The molecule has 0 atom stereocenters. The third-order valence-corrected chi connectivity index (χ3v) is 2.47. The van der Waals surface area contributed by atoms with E-state index < -0.39 is 17.9 Å². The number of hydrogen-bond donors (Lipinski definition) is 2. The molecule has 0 heterocycles. The number of aryl methyl sites for hydroxylation is 1. The Balaban J connectivity index is 2.96. The molecule has 4 nitrogen and oxygen atoms in total. The molecule has 0 fully saturated rings. The van der Waals surface area contributed by atoms with Crippen LogP contribution in [-0.4, -0.2) is 22.2 Å². The van der Waals surface area contributed by atoms with Gasteiger partial charge < -0.3 is 10.2 Å². The highest BCUT2D eigenvalue weighted by Crippen LogP contribution is 2.26. The van der Waals surface area contributed by atoms with Crippen LogP contribution in [-0.2, 0) is 9.59 Å². The maximum absolute atomic E-state index is 10.7. The Kier molecular flexibility index (Phi) is 4.05. The first-order chi connectivity index (χ1) is 7.50. The van der Waals surface area contributed by atoms with E-state index in [1.807, 2.05) is 19.1 Å². The van der Waals surface area contributed by atoms with Gasteiger partial charge in [0.2, 0.25) is 0 Å². The quantitative estimate of drug-likeness (QED) is 0.799. The van der Waals surface area contributed by atoms with Crippen LogP contribution >= 0.6 is 0 Å². The molecule has 0 amide bonds. The Morgan fingerprint density at radius 3 is 2.06 bits per heavy atom. The van der Waals surface area contributed by atoms with Gasteiger partial charge in [-0.2, -0.15) is 0 Å². The maximum atomic E-state index is 10.7. The first-order valence-corrected chi connectivity index (χ1v) is 5.00. The molecule has 0 aromatic heterocycles. The molecule has 0 saturated carbocycles. The van der Waals surface area contributed by atoms with E-state index in [4.69, 9.17) is 10.2 Å². The zero-order chi connectivity index (χ0) is 12.1. The van der Waals surface area contributed by atoms with Crippen LogP contribution in [0.25, 0.3) is 0 Å². The van der Waals surface area contributed by atoms with Crippen molar-refractivity contribution < 1.29 is 19.8 Å². The van der Waals surface area contributed by atoms with Crippen molar-refractivity contribution in [2.45, 2.75) is 25.7 Å². The standard InChI is InChI=1S/C12H14O4/c1-8-4-2-3-5-10(8)9(6-11(13)14)7-12(15)16/h2-5,9H,6-7H2,1H3,(H,13,14)(H,15,16). The van der Waals surface area contributed by atoms with Gasteiger partial charge in [-0.25, -0.2) is 0 Å². The van der Waals surface area contributed by atoms with Crippen molar-refractivity contribution in [1.29, 1.82) is 0 Å². The molecule has 0 spiro atoms. The van der Waals surface area contributed by atoms with E-state index in [1.165, 1.54) is 0 Å². The minimum atomic E-state index is -0.977. The largest absolute Gasteiger partial charge is 0.481 e. The highest BCUT2D eigenvalue weighted by atomic mass is 16.4. The highest BCUT2D eigenvalue weighted by Gasteiger charge is 2.20. The lowest BCUT2D eigenvalue weighted by Gasteiger charge is -2.15. The van der Waals surface area contributed by atoms with Crippen LogP contribution < -0.4 is 0 Å². The first-order valence-electron chi connectivity index (χ1n) is 5.00. The molecule has 2 N–H and O–H groups in total. The van der Waals surface area contributed by atoms with Gasteiger partial charge in [0.15, 0.2) is 0 Å². The van der Waals surface area contributed by atoms with E-state index in [0.29, 0.717) is 0 Å². The Labute approximate surface area is 93.5 Å². The van der Waals surface area contributed by atoms with Gasteiger partial charge in [0.25, 0.3) is 0 Å². The summed E-state index contributed by atoms with van der Waals surface area (Å²) < 4.78 is 0. The van der Waals surface area contributed by atoms with Crippen molar-refractivity contribution in [2.24, 2.45) is 0 Å². The minimum Gasteiger partial charge on any atom is -0.481 e. The van der Waals surface area contributed by atoms with Crippen LogP contribution in [0.5, 0.6) is 0 Å². The fourth-order valence-electron chi connectivity index (χ4n) is 1.76. The predicted molar refractivity (Wildman–Crippen MR) is 58.4 cm³/mol. The van der Waals surface area contributed by atoms with Gasteiger partial charge >= 0.3 is 11.9 Å². The summed E-state index contributed by atoms with van der Waals surface area (Å²) in [6, 6.07) is 7.27. The van der Waals surface area contributed by atoms with Crippen molar-refractivity contribution >= 4 is 11.9 Å². The summed E-state index contributed by atoms with van der Waals surface area (Å²) in [7, 11) is 0. The van der Waals surface area contributed by atoms with Crippen LogP contribution in [0.4, 0.5) is 0 Å². The number of aliphatic carboxylic acids is 2. The Hall–Kier alpha value is -1.84. The summed E-state index contributed by atoms with van der Waals surface area (Å²) in [6.45, 7) is 1.85. The monoisotopic (exact) mass is 222 g/mol. The Bertz CT molecular complexity index is 382. The predicted octanol–water partition coefficient (Wildman–Crippen LogP) is 2.03. The lowest BCUT2D eigenvalue weighted by Crippen LogP contribution is -2.12. The van der Waals surface area contributed by atoms with E-state index >= 15 is 0 Å². The number of benzene rings is 1. The highest BCUT2D eigenvalue weighted by molar-refractivity contribution is 5.72. The van der Waals surface area contributed by atoms with E-state index in [9.17, 15) is 9.59 Å². The lowest BCUT2D eigenvalue weighted by molar-refractivity contribution is -0.139. The van der Waals surface area contributed by atoms with Crippen LogP contribution in [0, 0.1) is 6.92 Å². The third-order valence-electron chi connectivity index (χ3n) is 2.47. The smallest absolute Gasteiger partial charge is 0.303 e. The molecule has 0 aliphatic rings. The van der Waals surface area contributed by atoms with Gasteiger partial charge in [-0.1, -0.05) is 24.3 Å². The van der Waals surface area contributed by atoms with Gasteiger partial charge in [0.05, 0.1) is 12.8 Å². The molecular weight excluding hydrogens is 208 g/mol. The van der Waals surface area contributed by atoms with E-state index in [2.05, 4.69) is 0 Å². The number of hydrogen-bond acceptors (Lipinski definition) is 2. The molecule has 0 saturated heterocycles. The van der Waals surface area contributed by atoms with Crippen molar-refractivity contribution in [3.05, 3.63) is 35.4 Å². The van der Waals surface area contributed by atoms with Crippen molar-refractivity contribution in [3.8, 4) is 0 Å². The normalized spacial score (nSPS) is 10.4. The number of carboxylic acids is 2. The average molecular weight is 222 g/mol. The molecule has 1 aromatic carbocycles. The molecule has 16 heavy (non-hydrogen) atoms. The van der Waals surface area contributed by atoms with Crippen molar-refractivity contribution in [2.75, 3.05) is 0 Å². The number of carboxylic acid groups (broad SMARTS) is 2. The first kappa shape index (κ1) is 12.2. The molecule has 0 aliphatic heterocycles. The maximum Gasteiger partial charge on any atom is 0.303 e. The van der Waals surface area contributed by atoms with E-state index in [0.717, 1.165) is 11.1 Å². The summed E-state index contributed by atoms with van der Waals surface area (Å²) in [4.78, 5) is 21.4. The average Bonchev–Trinajstić information content (AvgIpc) is 2.15. The Morgan fingerprint density at radius 2 is 1.62 bits per heavy atom.